The Bertz CT molecular complexity index is 585. The molecule has 0 aliphatic rings. The Kier molecular flexibility index (Phi) is 4.08. The summed E-state index contributed by atoms with van der Waals surface area (Å²) in [7, 11) is 0. The van der Waals surface area contributed by atoms with Gasteiger partial charge in [0.25, 0.3) is 0 Å². The highest BCUT2D eigenvalue weighted by Crippen LogP contribution is 2.11. The van der Waals surface area contributed by atoms with E-state index in [2.05, 4.69) is 20.4 Å². The molecule has 2 aromatic rings. The van der Waals surface area contributed by atoms with Gasteiger partial charge in [0.15, 0.2) is 5.82 Å². The summed E-state index contributed by atoms with van der Waals surface area (Å²) in [6.45, 7) is 4.65. The largest absolute Gasteiger partial charge is 0.370 e. The van der Waals surface area contributed by atoms with Crippen molar-refractivity contribution in [2.45, 2.75) is 26.2 Å². The Morgan fingerprint density at radius 1 is 1.37 bits per heavy atom. The first kappa shape index (κ1) is 13.0. The van der Waals surface area contributed by atoms with Gasteiger partial charge in [-0.25, -0.2) is 4.98 Å². The van der Waals surface area contributed by atoms with E-state index in [1.54, 1.807) is 12.1 Å². The first-order chi connectivity index (χ1) is 9.19. The maximum Gasteiger partial charge on any atom is 0.229 e. The van der Waals surface area contributed by atoms with Crippen molar-refractivity contribution in [1.82, 2.24) is 15.1 Å². The minimum atomic E-state index is 0.239. The third kappa shape index (κ3) is 3.52. The van der Waals surface area contributed by atoms with E-state index < -0.39 is 0 Å². The monoisotopic (exact) mass is 257 g/mol. The van der Waals surface area contributed by atoms with Crippen molar-refractivity contribution in [1.29, 1.82) is 5.26 Å². The molecule has 0 radical (unpaired) electrons. The van der Waals surface area contributed by atoms with Gasteiger partial charge >= 0.3 is 0 Å². The quantitative estimate of drug-likeness (QED) is 0.882. The van der Waals surface area contributed by atoms with Gasteiger partial charge in [-0.1, -0.05) is 25.1 Å². The SMILES string of the molecule is CC(C)c1nc(CCNc2cccc(C#N)n2)no1. The predicted molar refractivity (Wildman–Crippen MR) is 69.5 cm³/mol. The summed E-state index contributed by atoms with van der Waals surface area (Å²) >= 11 is 0. The number of nitriles is 1. The number of aromatic nitrogens is 3. The van der Waals surface area contributed by atoms with Crippen LogP contribution in [0.15, 0.2) is 22.7 Å². The number of rotatable bonds is 5. The Balaban J connectivity index is 1.87. The fraction of sp³-hybridized carbons (Fsp3) is 0.385. The molecule has 0 aliphatic carbocycles. The van der Waals surface area contributed by atoms with Gasteiger partial charge in [-0.3, -0.25) is 0 Å². The van der Waals surface area contributed by atoms with Crippen LogP contribution in [0.25, 0.3) is 0 Å². The Labute approximate surface area is 111 Å². The molecule has 0 aromatic carbocycles. The van der Waals surface area contributed by atoms with Crippen molar-refractivity contribution < 1.29 is 4.52 Å². The van der Waals surface area contributed by atoms with Gasteiger partial charge in [-0.05, 0) is 12.1 Å². The molecule has 2 heterocycles. The molecule has 0 fully saturated rings. The van der Waals surface area contributed by atoms with Crippen LogP contribution in [-0.4, -0.2) is 21.7 Å². The molecule has 6 nitrogen and oxygen atoms in total. The number of hydrogen-bond acceptors (Lipinski definition) is 6. The number of anilines is 1. The number of nitrogens with one attached hydrogen (secondary N) is 1. The summed E-state index contributed by atoms with van der Waals surface area (Å²) in [6.07, 6.45) is 0.648. The van der Waals surface area contributed by atoms with Crippen LogP contribution in [0.5, 0.6) is 0 Å². The Morgan fingerprint density at radius 2 is 2.21 bits per heavy atom. The molecule has 98 valence electrons. The number of pyridine rings is 1. The average molecular weight is 257 g/mol. The third-order valence-electron chi connectivity index (χ3n) is 2.50. The predicted octanol–water partition coefficient (Wildman–Crippen LogP) is 2.11. The van der Waals surface area contributed by atoms with E-state index in [4.69, 9.17) is 9.78 Å². The lowest BCUT2D eigenvalue weighted by Gasteiger charge is -2.03. The maximum atomic E-state index is 8.75. The minimum Gasteiger partial charge on any atom is -0.370 e. The minimum absolute atomic E-state index is 0.239. The summed E-state index contributed by atoms with van der Waals surface area (Å²) in [5.74, 6) is 2.24. The van der Waals surface area contributed by atoms with Crippen molar-refractivity contribution in [3.8, 4) is 6.07 Å². The van der Waals surface area contributed by atoms with Crippen LogP contribution in [-0.2, 0) is 6.42 Å². The zero-order valence-corrected chi connectivity index (χ0v) is 10.9. The molecule has 1 N–H and O–H groups in total. The van der Waals surface area contributed by atoms with E-state index in [-0.39, 0.29) is 5.92 Å². The third-order valence-corrected chi connectivity index (χ3v) is 2.50. The smallest absolute Gasteiger partial charge is 0.229 e. The van der Waals surface area contributed by atoms with Crippen LogP contribution in [0.2, 0.25) is 0 Å². The highest BCUT2D eigenvalue weighted by atomic mass is 16.5. The zero-order valence-electron chi connectivity index (χ0n) is 10.9. The van der Waals surface area contributed by atoms with Crippen LogP contribution in [0.4, 0.5) is 5.82 Å². The molecule has 0 saturated heterocycles. The molecule has 2 aromatic heterocycles. The van der Waals surface area contributed by atoms with Crippen molar-refractivity contribution in [2.24, 2.45) is 0 Å². The second kappa shape index (κ2) is 5.96. The lowest BCUT2D eigenvalue weighted by molar-refractivity contribution is 0.361. The molecule has 6 heteroatoms. The van der Waals surface area contributed by atoms with Crippen LogP contribution in [0.3, 0.4) is 0 Å². The number of nitrogens with zero attached hydrogens (tertiary/aromatic N) is 4. The zero-order chi connectivity index (χ0) is 13.7. The Morgan fingerprint density at radius 3 is 2.89 bits per heavy atom. The second-order valence-electron chi connectivity index (χ2n) is 4.40. The van der Waals surface area contributed by atoms with Crippen molar-refractivity contribution in [2.75, 3.05) is 11.9 Å². The summed E-state index contributed by atoms with van der Waals surface area (Å²) in [5, 5.41) is 15.8. The average Bonchev–Trinajstić information content (AvgIpc) is 2.88. The van der Waals surface area contributed by atoms with Gasteiger partial charge in [0, 0.05) is 18.9 Å². The first-order valence-corrected chi connectivity index (χ1v) is 6.12. The summed E-state index contributed by atoms with van der Waals surface area (Å²) in [4.78, 5) is 8.40. The molecule has 19 heavy (non-hydrogen) atoms. The standard InChI is InChI=1S/C13H15N5O/c1-9(2)13-17-12(18-19-13)6-7-15-11-5-3-4-10(8-14)16-11/h3-5,9H,6-7H2,1-2H3,(H,15,16). The van der Waals surface area contributed by atoms with E-state index in [9.17, 15) is 0 Å². The van der Waals surface area contributed by atoms with Crippen LogP contribution >= 0.6 is 0 Å². The van der Waals surface area contributed by atoms with Crippen LogP contribution in [0.1, 0.15) is 37.2 Å². The van der Waals surface area contributed by atoms with E-state index in [1.165, 1.54) is 0 Å². The van der Waals surface area contributed by atoms with Gasteiger partial charge in [-0.15, -0.1) is 0 Å². The molecule has 0 spiro atoms. The van der Waals surface area contributed by atoms with Gasteiger partial charge < -0.3 is 9.84 Å². The highest BCUT2D eigenvalue weighted by molar-refractivity contribution is 5.38. The molecule has 0 unspecified atom stereocenters. The number of hydrogen-bond donors (Lipinski definition) is 1. The fourth-order valence-electron chi connectivity index (χ4n) is 1.50. The van der Waals surface area contributed by atoms with Crippen LogP contribution < -0.4 is 5.32 Å². The summed E-state index contributed by atoms with van der Waals surface area (Å²) in [6, 6.07) is 7.27. The van der Waals surface area contributed by atoms with E-state index >= 15 is 0 Å². The van der Waals surface area contributed by atoms with Crippen molar-refractivity contribution >= 4 is 5.82 Å². The normalized spacial score (nSPS) is 10.4. The first-order valence-electron chi connectivity index (χ1n) is 6.12. The topological polar surface area (TPSA) is 87.6 Å². The van der Waals surface area contributed by atoms with E-state index in [1.807, 2.05) is 26.0 Å². The molecule has 0 bridgehead atoms. The highest BCUT2D eigenvalue weighted by Gasteiger charge is 2.09. The molecule has 2 rings (SSSR count). The summed E-state index contributed by atoms with van der Waals surface area (Å²) < 4.78 is 5.12. The summed E-state index contributed by atoms with van der Waals surface area (Å²) in [5.41, 5.74) is 0.395. The van der Waals surface area contributed by atoms with E-state index in [0.29, 0.717) is 36.2 Å². The van der Waals surface area contributed by atoms with Crippen LogP contribution in [0, 0.1) is 11.3 Å². The second-order valence-corrected chi connectivity index (χ2v) is 4.40. The van der Waals surface area contributed by atoms with E-state index in [0.717, 1.165) is 0 Å². The molecule has 0 aliphatic heterocycles. The van der Waals surface area contributed by atoms with Gasteiger partial charge in [0.1, 0.15) is 17.6 Å². The molecule has 0 amide bonds. The lowest BCUT2D eigenvalue weighted by atomic mass is 10.2. The van der Waals surface area contributed by atoms with Gasteiger partial charge in [-0.2, -0.15) is 10.2 Å². The fourth-order valence-corrected chi connectivity index (χ4v) is 1.50. The Hall–Kier alpha value is -2.42. The molecule has 0 atom stereocenters. The van der Waals surface area contributed by atoms with Gasteiger partial charge in [0.05, 0.1) is 0 Å². The molecular weight excluding hydrogens is 242 g/mol. The van der Waals surface area contributed by atoms with Gasteiger partial charge in [0.2, 0.25) is 5.89 Å². The van der Waals surface area contributed by atoms with Crippen molar-refractivity contribution in [3.05, 3.63) is 35.6 Å². The molecular formula is C13H15N5O. The molecule has 0 saturated carbocycles. The van der Waals surface area contributed by atoms with Crippen molar-refractivity contribution in [3.63, 3.8) is 0 Å². The maximum absolute atomic E-state index is 8.75. The lowest BCUT2D eigenvalue weighted by Crippen LogP contribution is -2.07.